The number of hydrogen-bond acceptors (Lipinski definition) is 5. The molecule has 1 unspecified atom stereocenters. The number of carbonyl (C=O) groups excluding carboxylic acids is 2. The summed E-state index contributed by atoms with van der Waals surface area (Å²) in [7, 11) is 0. The molecule has 2 N–H and O–H groups in total. The molecule has 1 fully saturated rings. The van der Waals surface area contributed by atoms with Crippen LogP contribution in [0.15, 0.2) is 42.5 Å². The molecular weight excluding hydrogens is 360 g/mol. The third kappa shape index (κ3) is 4.26. The Morgan fingerprint density at radius 3 is 2.54 bits per heavy atom. The van der Waals surface area contributed by atoms with Crippen LogP contribution in [0.1, 0.15) is 39.1 Å². The summed E-state index contributed by atoms with van der Waals surface area (Å²) in [5.74, 6) is 0.931. The average Bonchev–Trinajstić information content (AvgIpc) is 3.41. The molecule has 0 aromatic heterocycles. The van der Waals surface area contributed by atoms with Gasteiger partial charge in [0.15, 0.2) is 11.5 Å². The van der Waals surface area contributed by atoms with Crippen LogP contribution in [0.3, 0.4) is 0 Å². The zero-order valence-electron chi connectivity index (χ0n) is 15.4. The summed E-state index contributed by atoms with van der Waals surface area (Å²) < 4.78 is 16.1. The van der Waals surface area contributed by atoms with Gasteiger partial charge in [-0.15, -0.1) is 0 Å². The molecule has 28 heavy (non-hydrogen) atoms. The van der Waals surface area contributed by atoms with E-state index >= 15 is 0 Å². The molecule has 2 amide bonds. The van der Waals surface area contributed by atoms with Gasteiger partial charge >= 0.3 is 0 Å². The van der Waals surface area contributed by atoms with E-state index in [2.05, 4.69) is 10.6 Å². The first kappa shape index (κ1) is 18.3. The maximum absolute atomic E-state index is 12.5. The number of fused-ring (bicyclic) bond motifs is 1. The minimum absolute atomic E-state index is 0.0807. The van der Waals surface area contributed by atoms with Crippen LogP contribution in [0.25, 0.3) is 0 Å². The molecule has 2 aliphatic rings. The predicted octanol–water partition coefficient (Wildman–Crippen LogP) is 2.25. The molecule has 146 valence electrons. The first-order valence-electron chi connectivity index (χ1n) is 9.35. The van der Waals surface area contributed by atoms with Crippen LogP contribution in [0, 0.1) is 0 Å². The number of nitrogens with one attached hydrogen (secondary N) is 2. The largest absolute Gasteiger partial charge is 0.454 e. The van der Waals surface area contributed by atoms with Crippen LogP contribution in [0.4, 0.5) is 0 Å². The Labute approximate surface area is 163 Å². The molecule has 2 aromatic carbocycles. The normalized spacial score (nSPS) is 17.4. The summed E-state index contributed by atoms with van der Waals surface area (Å²) in [6.07, 6.45) is 2.07. The monoisotopic (exact) mass is 382 g/mol. The van der Waals surface area contributed by atoms with Gasteiger partial charge in [0.25, 0.3) is 11.8 Å². The molecule has 2 aromatic rings. The van der Waals surface area contributed by atoms with E-state index in [1.165, 1.54) is 0 Å². The highest BCUT2D eigenvalue weighted by Crippen LogP contribution is 2.32. The van der Waals surface area contributed by atoms with Gasteiger partial charge in [0, 0.05) is 30.8 Å². The molecule has 7 nitrogen and oxygen atoms in total. The lowest BCUT2D eigenvalue weighted by Crippen LogP contribution is -2.32. The Hall–Kier alpha value is -3.06. The van der Waals surface area contributed by atoms with Gasteiger partial charge in [-0.2, -0.15) is 0 Å². The van der Waals surface area contributed by atoms with Crippen molar-refractivity contribution in [2.45, 2.75) is 25.5 Å². The first-order chi connectivity index (χ1) is 13.7. The standard InChI is InChI=1S/C21H22N2O5/c24-20(22-11-14-6-7-18-19(9-14)28-13-27-18)15-3-1-4-16(10-15)21(25)23-12-17-5-2-8-26-17/h1,3-4,6-7,9-10,17H,2,5,8,11-13H2,(H,22,24)(H,23,25). The van der Waals surface area contributed by atoms with Crippen LogP contribution in [-0.4, -0.2) is 37.9 Å². The number of amides is 2. The Morgan fingerprint density at radius 1 is 0.964 bits per heavy atom. The highest BCUT2D eigenvalue weighted by Gasteiger charge is 2.17. The van der Waals surface area contributed by atoms with Crippen molar-refractivity contribution in [2.24, 2.45) is 0 Å². The molecule has 2 heterocycles. The molecule has 7 heteroatoms. The van der Waals surface area contributed by atoms with Crippen molar-refractivity contribution in [3.63, 3.8) is 0 Å². The Balaban J connectivity index is 1.33. The lowest BCUT2D eigenvalue weighted by atomic mass is 10.1. The third-order valence-corrected chi connectivity index (χ3v) is 4.79. The lowest BCUT2D eigenvalue weighted by Gasteiger charge is -2.11. The Morgan fingerprint density at radius 2 is 1.75 bits per heavy atom. The van der Waals surface area contributed by atoms with Gasteiger partial charge in [0.05, 0.1) is 6.10 Å². The second kappa shape index (κ2) is 8.31. The van der Waals surface area contributed by atoms with E-state index in [4.69, 9.17) is 14.2 Å². The number of rotatable bonds is 6. The highest BCUT2D eigenvalue weighted by atomic mass is 16.7. The quantitative estimate of drug-likeness (QED) is 0.800. The molecule has 0 saturated carbocycles. The van der Waals surface area contributed by atoms with E-state index in [9.17, 15) is 9.59 Å². The maximum Gasteiger partial charge on any atom is 0.251 e. The van der Waals surface area contributed by atoms with Crippen molar-refractivity contribution in [3.8, 4) is 11.5 Å². The van der Waals surface area contributed by atoms with Gasteiger partial charge < -0.3 is 24.8 Å². The summed E-state index contributed by atoms with van der Waals surface area (Å²) in [5.41, 5.74) is 1.79. The molecular formula is C21H22N2O5. The smallest absolute Gasteiger partial charge is 0.251 e. The van der Waals surface area contributed by atoms with E-state index < -0.39 is 0 Å². The van der Waals surface area contributed by atoms with E-state index in [0.717, 1.165) is 25.0 Å². The summed E-state index contributed by atoms with van der Waals surface area (Å²) in [6, 6.07) is 12.2. The van der Waals surface area contributed by atoms with E-state index in [-0.39, 0.29) is 24.7 Å². The second-order valence-electron chi connectivity index (χ2n) is 6.80. The van der Waals surface area contributed by atoms with Gasteiger partial charge in [-0.3, -0.25) is 9.59 Å². The zero-order valence-corrected chi connectivity index (χ0v) is 15.4. The minimum Gasteiger partial charge on any atom is -0.454 e. The van der Waals surface area contributed by atoms with Crippen LogP contribution >= 0.6 is 0 Å². The van der Waals surface area contributed by atoms with Crippen molar-refractivity contribution >= 4 is 11.8 Å². The highest BCUT2D eigenvalue weighted by molar-refractivity contribution is 5.99. The zero-order chi connectivity index (χ0) is 19.3. The Kier molecular flexibility index (Phi) is 5.43. The summed E-state index contributed by atoms with van der Waals surface area (Å²) >= 11 is 0. The number of benzene rings is 2. The fourth-order valence-electron chi connectivity index (χ4n) is 3.25. The van der Waals surface area contributed by atoms with Crippen molar-refractivity contribution in [2.75, 3.05) is 19.9 Å². The van der Waals surface area contributed by atoms with Gasteiger partial charge in [-0.05, 0) is 48.7 Å². The third-order valence-electron chi connectivity index (χ3n) is 4.79. The lowest BCUT2D eigenvalue weighted by molar-refractivity contribution is 0.0857. The summed E-state index contributed by atoms with van der Waals surface area (Å²) in [5, 5.41) is 5.73. The van der Waals surface area contributed by atoms with Crippen molar-refractivity contribution < 1.29 is 23.8 Å². The maximum atomic E-state index is 12.5. The van der Waals surface area contributed by atoms with Crippen molar-refractivity contribution in [1.82, 2.24) is 10.6 Å². The summed E-state index contributed by atoms with van der Waals surface area (Å²) in [4.78, 5) is 24.8. The molecule has 0 aliphatic carbocycles. The van der Waals surface area contributed by atoms with Crippen molar-refractivity contribution in [3.05, 3.63) is 59.2 Å². The van der Waals surface area contributed by atoms with Gasteiger partial charge in [-0.25, -0.2) is 0 Å². The first-order valence-corrected chi connectivity index (χ1v) is 9.35. The van der Waals surface area contributed by atoms with Crippen molar-refractivity contribution in [1.29, 1.82) is 0 Å². The van der Waals surface area contributed by atoms with E-state index in [1.807, 2.05) is 18.2 Å². The Bertz CT molecular complexity index is 877. The van der Waals surface area contributed by atoms with E-state index in [1.54, 1.807) is 24.3 Å². The van der Waals surface area contributed by atoms with E-state index in [0.29, 0.717) is 35.7 Å². The molecule has 0 spiro atoms. The van der Waals surface area contributed by atoms with Gasteiger partial charge in [0.2, 0.25) is 6.79 Å². The molecule has 1 atom stereocenters. The van der Waals surface area contributed by atoms with Gasteiger partial charge in [-0.1, -0.05) is 12.1 Å². The van der Waals surface area contributed by atoms with Crippen LogP contribution < -0.4 is 20.1 Å². The second-order valence-corrected chi connectivity index (χ2v) is 6.80. The molecule has 0 bridgehead atoms. The van der Waals surface area contributed by atoms with Crippen LogP contribution in [-0.2, 0) is 11.3 Å². The number of hydrogen-bond donors (Lipinski definition) is 2. The topological polar surface area (TPSA) is 85.9 Å². The predicted molar refractivity (Wildman–Crippen MR) is 101 cm³/mol. The average molecular weight is 382 g/mol. The minimum atomic E-state index is -0.244. The fourth-order valence-corrected chi connectivity index (χ4v) is 3.25. The van der Waals surface area contributed by atoms with Crippen LogP contribution in [0.2, 0.25) is 0 Å². The molecule has 2 aliphatic heterocycles. The molecule has 1 saturated heterocycles. The van der Waals surface area contributed by atoms with Gasteiger partial charge in [0.1, 0.15) is 0 Å². The summed E-state index contributed by atoms with van der Waals surface area (Å²) in [6.45, 7) is 1.80. The SMILES string of the molecule is O=C(NCc1ccc2c(c1)OCO2)c1cccc(C(=O)NCC2CCCO2)c1. The van der Waals surface area contributed by atoms with Crippen LogP contribution in [0.5, 0.6) is 11.5 Å². The fraction of sp³-hybridized carbons (Fsp3) is 0.333. The number of ether oxygens (including phenoxy) is 3. The molecule has 4 rings (SSSR count). The molecule has 0 radical (unpaired) electrons. The number of carbonyl (C=O) groups is 2.